The molecule has 0 aliphatic rings. The van der Waals surface area contributed by atoms with Crippen molar-refractivity contribution >= 4 is 28.9 Å². The van der Waals surface area contributed by atoms with Crippen LogP contribution in [0.3, 0.4) is 0 Å². The molecule has 0 aliphatic heterocycles. The minimum absolute atomic E-state index is 0.110. The van der Waals surface area contributed by atoms with Crippen molar-refractivity contribution < 1.29 is 18.7 Å². The van der Waals surface area contributed by atoms with E-state index in [0.29, 0.717) is 29.7 Å². The van der Waals surface area contributed by atoms with E-state index < -0.39 is 11.7 Å². The summed E-state index contributed by atoms with van der Waals surface area (Å²) in [6, 6.07) is 17.3. The van der Waals surface area contributed by atoms with Crippen LogP contribution in [0.1, 0.15) is 18.1 Å². The van der Waals surface area contributed by atoms with Gasteiger partial charge in [-0.1, -0.05) is 35.9 Å². The van der Waals surface area contributed by atoms with E-state index in [1.165, 1.54) is 12.1 Å². The molecule has 0 unspecified atom stereocenters. The number of hydrogen-bond acceptors (Lipinski definition) is 4. The van der Waals surface area contributed by atoms with E-state index >= 15 is 0 Å². The summed E-state index contributed by atoms with van der Waals surface area (Å²) in [6.07, 6.45) is 0. The molecule has 0 spiro atoms. The Hall–Kier alpha value is -3.25. The maximum Gasteiger partial charge on any atom is 0.262 e. The van der Waals surface area contributed by atoms with Crippen molar-refractivity contribution in [2.45, 2.75) is 20.4 Å². The maximum absolute atomic E-state index is 13.7. The molecule has 0 bridgehead atoms. The molecular weight excluding hydrogens is 419 g/mol. The predicted molar refractivity (Wildman–Crippen MR) is 122 cm³/mol. The maximum atomic E-state index is 13.7. The monoisotopic (exact) mass is 442 g/mol. The summed E-state index contributed by atoms with van der Waals surface area (Å²) in [7, 11) is 0. The highest BCUT2D eigenvalue weighted by Crippen LogP contribution is 2.29. The van der Waals surface area contributed by atoms with E-state index in [-0.39, 0.29) is 12.3 Å². The summed E-state index contributed by atoms with van der Waals surface area (Å²) in [5.74, 6) is 0.00204. The number of nitrogens with one attached hydrogen (secondary N) is 2. The van der Waals surface area contributed by atoms with E-state index in [0.717, 1.165) is 16.8 Å². The van der Waals surface area contributed by atoms with Crippen LogP contribution >= 0.6 is 11.6 Å². The molecule has 0 aromatic heterocycles. The first-order valence-corrected chi connectivity index (χ1v) is 10.3. The summed E-state index contributed by atoms with van der Waals surface area (Å²) in [6.45, 7) is 4.56. The zero-order chi connectivity index (χ0) is 22.2. The molecule has 3 rings (SSSR count). The first-order valence-electron chi connectivity index (χ1n) is 9.89. The molecule has 5 nitrogen and oxygen atoms in total. The third kappa shape index (κ3) is 6.36. The highest BCUT2D eigenvalue weighted by molar-refractivity contribution is 6.31. The molecular formula is C24H24ClFN2O3. The molecule has 2 N–H and O–H groups in total. The minimum Gasteiger partial charge on any atom is -0.490 e. The van der Waals surface area contributed by atoms with E-state index in [9.17, 15) is 9.18 Å². The Bertz CT molecular complexity index is 1060. The first-order chi connectivity index (χ1) is 15.0. The Labute approximate surface area is 186 Å². The Morgan fingerprint density at radius 2 is 1.84 bits per heavy atom. The second-order valence-electron chi connectivity index (χ2n) is 6.85. The van der Waals surface area contributed by atoms with E-state index in [1.54, 1.807) is 18.2 Å². The lowest BCUT2D eigenvalue weighted by Crippen LogP contribution is -2.21. The fraction of sp³-hybridized carbons (Fsp3) is 0.208. The van der Waals surface area contributed by atoms with Crippen LogP contribution in [0.4, 0.5) is 15.8 Å². The molecule has 1 amide bonds. The number of halogens is 2. The van der Waals surface area contributed by atoms with Gasteiger partial charge in [-0.3, -0.25) is 4.79 Å². The van der Waals surface area contributed by atoms with Gasteiger partial charge in [-0.2, -0.15) is 0 Å². The summed E-state index contributed by atoms with van der Waals surface area (Å²) in [5, 5.41) is 6.52. The van der Waals surface area contributed by atoms with Crippen LogP contribution < -0.4 is 20.1 Å². The topological polar surface area (TPSA) is 59.6 Å². The van der Waals surface area contributed by atoms with Gasteiger partial charge in [0.1, 0.15) is 5.82 Å². The SMILES string of the molecule is CCOc1cc(CNc2ccc(C)c(Cl)c2)ccc1OCC(=O)Nc1ccccc1F. The summed E-state index contributed by atoms with van der Waals surface area (Å²) in [5.41, 5.74) is 3.02. The molecule has 3 aromatic rings. The van der Waals surface area contributed by atoms with Crippen molar-refractivity contribution in [2.24, 2.45) is 0 Å². The Morgan fingerprint density at radius 3 is 2.58 bits per heavy atom. The number of hydrogen-bond donors (Lipinski definition) is 2. The lowest BCUT2D eigenvalue weighted by molar-refractivity contribution is -0.118. The van der Waals surface area contributed by atoms with Gasteiger partial charge in [-0.05, 0) is 61.4 Å². The van der Waals surface area contributed by atoms with Crippen molar-refractivity contribution in [3.63, 3.8) is 0 Å². The Kier molecular flexibility index (Phi) is 7.73. The van der Waals surface area contributed by atoms with Crippen molar-refractivity contribution in [3.8, 4) is 11.5 Å². The van der Waals surface area contributed by atoms with Gasteiger partial charge in [-0.15, -0.1) is 0 Å². The van der Waals surface area contributed by atoms with Crippen molar-refractivity contribution in [3.05, 3.63) is 82.6 Å². The van der Waals surface area contributed by atoms with Crippen LogP contribution in [-0.4, -0.2) is 19.1 Å². The summed E-state index contributed by atoms with van der Waals surface area (Å²) < 4.78 is 25.0. The van der Waals surface area contributed by atoms with Crippen LogP contribution in [0, 0.1) is 12.7 Å². The zero-order valence-corrected chi connectivity index (χ0v) is 18.1. The standard InChI is InChI=1S/C24H24ClFN2O3/c1-3-30-23-12-17(14-27-18-10-8-16(2)19(25)13-18)9-11-22(23)31-15-24(29)28-21-7-5-4-6-20(21)26/h4-13,27H,3,14-15H2,1-2H3,(H,28,29). The van der Waals surface area contributed by atoms with E-state index in [2.05, 4.69) is 10.6 Å². The fourth-order valence-corrected chi connectivity index (χ4v) is 3.03. The third-order valence-corrected chi connectivity index (χ3v) is 4.89. The van der Waals surface area contributed by atoms with Crippen molar-refractivity contribution in [2.75, 3.05) is 23.8 Å². The van der Waals surface area contributed by atoms with Gasteiger partial charge < -0.3 is 20.1 Å². The number of rotatable bonds is 9. The highest BCUT2D eigenvalue weighted by Gasteiger charge is 2.11. The highest BCUT2D eigenvalue weighted by atomic mass is 35.5. The van der Waals surface area contributed by atoms with Gasteiger partial charge in [0.2, 0.25) is 0 Å². The van der Waals surface area contributed by atoms with Gasteiger partial charge in [0.15, 0.2) is 18.1 Å². The van der Waals surface area contributed by atoms with Crippen LogP contribution in [0.15, 0.2) is 60.7 Å². The van der Waals surface area contributed by atoms with E-state index in [4.69, 9.17) is 21.1 Å². The molecule has 31 heavy (non-hydrogen) atoms. The van der Waals surface area contributed by atoms with Crippen LogP contribution in [0.2, 0.25) is 5.02 Å². The zero-order valence-electron chi connectivity index (χ0n) is 17.4. The predicted octanol–water partition coefficient (Wildman–Crippen LogP) is 5.82. The molecule has 162 valence electrons. The molecule has 0 fully saturated rings. The number of amides is 1. The number of anilines is 2. The molecule has 7 heteroatoms. The summed E-state index contributed by atoms with van der Waals surface area (Å²) >= 11 is 6.17. The molecule has 0 saturated heterocycles. The van der Waals surface area contributed by atoms with Gasteiger partial charge in [0.05, 0.1) is 12.3 Å². The Balaban J connectivity index is 1.62. The van der Waals surface area contributed by atoms with Crippen LogP contribution in [0.25, 0.3) is 0 Å². The molecule has 0 heterocycles. The lowest BCUT2D eigenvalue weighted by atomic mass is 10.2. The van der Waals surface area contributed by atoms with E-state index in [1.807, 2.05) is 44.2 Å². The smallest absolute Gasteiger partial charge is 0.262 e. The number of benzene rings is 3. The molecule has 0 radical (unpaired) electrons. The Morgan fingerprint density at radius 1 is 1.03 bits per heavy atom. The minimum atomic E-state index is -0.502. The van der Waals surface area contributed by atoms with Gasteiger partial charge in [-0.25, -0.2) is 4.39 Å². The molecule has 3 aromatic carbocycles. The number of carbonyl (C=O) groups excluding carboxylic acids is 1. The number of carbonyl (C=O) groups is 1. The van der Waals surface area contributed by atoms with Crippen molar-refractivity contribution in [1.82, 2.24) is 0 Å². The first kappa shape index (κ1) is 22.4. The third-order valence-electron chi connectivity index (χ3n) is 4.48. The molecule has 0 saturated carbocycles. The largest absolute Gasteiger partial charge is 0.490 e. The summed E-state index contributed by atoms with van der Waals surface area (Å²) in [4.78, 5) is 12.1. The van der Waals surface area contributed by atoms with Gasteiger partial charge >= 0.3 is 0 Å². The normalized spacial score (nSPS) is 10.5. The second-order valence-corrected chi connectivity index (χ2v) is 7.26. The number of ether oxygens (including phenoxy) is 2. The average molecular weight is 443 g/mol. The number of aryl methyl sites for hydroxylation is 1. The average Bonchev–Trinajstić information content (AvgIpc) is 2.76. The second kappa shape index (κ2) is 10.7. The van der Waals surface area contributed by atoms with Gasteiger partial charge in [0.25, 0.3) is 5.91 Å². The van der Waals surface area contributed by atoms with Crippen molar-refractivity contribution in [1.29, 1.82) is 0 Å². The molecule has 0 aliphatic carbocycles. The fourth-order valence-electron chi connectivity index (χ4n) is 2.85. The number of para-hydroxylation sites is 1. The lowest BCUT2D eigenvalue weighted by Gasteiger charge is -2.14. The van der Waals surface area contributed by atoms with Gasteiger partial charge in [0, 0.05) is 17.3 Å². The molecule has 0 atom stereocenters. The van der Waals surface area contributed by atoms with Crippen LogP contribution in [0.5, 0.6) is 11.5 Å². The quantitative estimate of drug-likeness (QED) is 0.438. The van der Waals surface area contributed by atoms with Crippen LogP contribution in [-0.2, 0) is 11.3 Å².